The number of hydrogen-bond donors (Lipinski definition) is 3. The molecule has 0 aliphatic carbocycles. The largest absolute Gasteiger partial charge is 0.402 e. The second-order valence-corrected chi connectivity index (χ2v) is 8.78. The summed E-state index contributed by atoms with van der Waals surface area (Å²) in [6, 6.07) is 7.65. The quantitative estimate of drug-likeness (QED) is 0.460. The topological polar surface area (TPSA) is 108 Å². The summed E-state index contributed by atoms with van der Waals surface area (Å²) in [6.45, 7) is -1.85. The highest BCUT2D eigenvalue weighted by Gasteiger charge is 2.31. The predicted molar refractivity (Wildman–Crippen MR) is 108 cm³/mol. The number of hydrogen-bond acceptors (Lipinski definition) is 4. The van der Waals surface area contributed by atoms with Crippen LogP contribution in [-0.2, 0) is 16.6 Å². The zero-order valence-electron chi connectivity index (χ0n) is 15.9. The number of carbonyl (C=O) groups is 1. The van der Waals surface area contributed by atoms with Gasteiger partial charge in [0.1, 0.15) is 22.8 Å². The van der Waals surface area contributed by atoms with E-state index in [2.05, 4.69) is 10.3 Å². The molecular formula is C19H14ClF4N3O4S. The summed E-state index contributed by atoms with van der Waals surface area (Å²) in [5, 5.41) is 2.46. The number of fused-ring (bicyclic) bond motifs is 1. The number of halogens is 5. The third kappa shape index (κ3) is 5.44. The Bertz CT molecular complexity index is 1340. The van der Waals surface area contributed by atoms with Gasteiger partial charge in [0.25, 0.3) is 5.91 Å². The van der Waals surface area contributed by atoms with E-state index in [-0.39, 0.29) is 6.54 Å². The Morgan fingerprint density at radius 3 is 2.41 bits per heavy atom. The maximum absolute atomic E-state index is 14.0. The zero-order chi connectivity index (χ0) is 23.7. The van der Waals surface area contributed by atoms with Gasteiger partial charge in [-0.2, -0.15) is 13.2 Å². The van der Waals surface area contributed by atoms with Gasteiger partial charge in [0.15, 0.2) is 0 Å². The van der Waals surface area contributed by atoms with Gasteiger partial charge in [0.2, 0.25) is 15.5 Å². The third-order valence-electron chi connectivity index (χ3n) is 4.28. The summed E-state index contributed by atoms with van der Waals surface area (Å²) in [6.07, 6.45) is -3.94. The lowest BCUT2D eigenvalue weighted by molar-refractivity contribution is -0.121. The van der Waals surface area contributed by atoms with E-state index in [1.807, 2.05) is 0 Å². The molecule has 0 radical (unpaired) electrons. The number of carbonyl (C=O) groups excluding carboxylic acids is 1. The molecule has 3 rings (SSSR count). The normalized spacial score (nSPS) is 12.2. The summed E-state index contributed by atoms with van der Waals surface area (Å²) >= 11 is 5.78. The predicted octanol–water partition coefficient (Wildman–Crippen LogP) is 3.09. The molecule has 1 aromatic heterocycles. The molecule has 0 unspecified atom stereocenters. The van der Waals surface area contributed by atoms with Crippen molar-refractivity contribution < 1.29 is 30.8 Å². The lowest BCUT2D eigenvalue weighted by atomic mass is 10.1. The smallest absolute Gasteiger partial charge is 0.359 e. The first-order chi connectivity index (χ1) is 14.9. The molecule has 7 nitrogen and oxygen atoms in total. The highest BCUT2D eigenvalue weighted by atomic mass is 35.5. The van der Waals surface area contributed by atoms with Crippen LogP contribution >= 0.6 is 11.6 Å². The molecule has 0 aliphatic rings. The van der Waals surface area contributed by atoms with Crippen LogP contribution in [0.2, 0.25) is 5.02 Å². The Kier molecular flexibility index (Phi) is 6.58. The van der Waals surface area contributed by atoms with Crippen LogP contribution in [-0.4, -0.2) is 32.0 Å². The Morgan fingerprint density at radius 1 is 1.12 bits per heavy atom. The van der Waals surface area contributed by atoms with Crippen molar-refractivity contribution in [2.24, 2.45) is 0 Å². The minimum atomic E-state index is -4.85. The van der Waals surface area contributed by atoms with E-state index in [1.54, 1.807) is 24.3 Å². The molecule has 0 bridgehead atoms. The van der Waals surface area contributed by atoms with E-state index in [0.717, 1.165) is 6.20 Å². The molecule has 0 aliphatic heterocycles. The van der Waals surface area contributed by atoms with E-state index in [0.29, 0.717) is 22.7 Å². The molecule has 13 heteroatoms. The number of pyridine rings is 1. The number of sulfonamides is 1. The summed E-state index contributed by atoms with van der Waals surface area (Å²) < 4.78 is 77.1. The van der Waals surface area contributed by atoms with Crippen LogP contribution in [0.15, 0.2) is 52.3 Å². The van der Waals surface area contributed by atoms with Crippen LogP contribution in [0.3, 0.4) is 0 Å². The number of nitrogens with one attached hydrogen (secondary N) is 3. The van der Waals surface area contributed by atoms with Gasteiger partial charge in [0, 0.05) is 17.8 Å². The summed E-state index contributed by atoms with van der Waals surface area (Å²) in [5.74, 6) is -2.01. The van der Waals surface area contributed by atoms with E-state index in [1.165, 1.54) is 4.72 Å². The van der Waals surface area contributed by atoms with Crippen LogP contribution in [0.4, 0.5) is 17.6 Å². The van der Waals surface area contributed by atoms with Gasteiger partial charge >= 0.3 is 6.18 Å². The number of aromatic amines is 1. The van der Waals surface area contributed by atoms with E-state index in [9.17, 15) is 35.6 Å². The van der Waals surface area contributed by atoms with Crippen molar-refractivity contribution in [1.82, 2.24) is 15.0 Å². The van der Waals surface area contributed by atoms with Gasteiger partial charge < -0.3 is 10.3 Å². The lowest BCUT2D eigenvalue weighted by Gasteiger charge is -2.12. The van der Waals surface area contributed by atoms with Gasteiger partial charge in [-0.15, -0.1) is 0 Å². The Morgan fingerprint density at radius 2 is 1.78 bits per heavy atom. The second kappa shape index (κ2) is 8.88. The molecule has 3 N–H and O–H groups in total. The lowest BCUT2D eigenvalue weighted by Crippen LogP contribution is -2.34. The number of rotatable bonds is 6. The molecule has 170 valence electrons. The number of alkyl halides is 3. The van der Waals surface area contributed by atoms with E-state index in [4.69, 9.17) is 11.6 Å². The van der Waals surface area contributed by atoms with Crippen molar-refractivity contribution in [3.8, 4) is 0 Å². The van der Waals surface area contributed by atoms with Crippen LogP contribution in [0, 0.1) is 5.82 Å². The Balaban J connectivity index is 1.95. The SMILES string of the molecule is O=C(NCc1ccc(Cl)cc1)c1c[nH]c2c(S(=O)(=O)NCC(F)(F)F)cc(F)cc2c1=O. The minimum absolute atomic E-state index is 0.0393. The third-order valence-corrected chi connectivity index (χ3v) is 5.96. The van der Waals surface area contributed by atoms with Gasteiger partial charge in [0.05, 0.1) is 10.9 Å². The second-order valence-electron chi connectivity index (χ2n) is 6.61. The van der Waals surface area contributed by atoms with Crippen molar-refractivity contribution in [2.45, 2.75) is 17.6 Å². The fourth-order valence-corrected chi connectivity index (χ4v) is 4.12. The van der Waals surface area contributed by atoms with Crippen molar-refractivity contribution >= 4 is 38.4 Å². The van der Waals surface area contributed by atoms with Gasteiger partial charge in [-0.1, -0.05) is 23.7 Å². The minimum Gasteiger partial charge on any atom is -0.359 e. The average molecular weight is 492 g/mol. The molecule has 32 heavy (non-hydrogen) atoms. The van der Waals surface area contributed by atoms with Crippen LogP contribution in [0.5, 0.6) is 0 Å². The molecule has 0 saturated heterocycles. The Hall–Kier alpha value is -2.96. The van der Waals surface area contributed by atoms with E-state index < -0.39 is 61.3 Å². The van der Waals surface area contributed by atoms with Crippen LogP contribution in [0.1, 0.15) is 15.9 Å². The Labute approximate surface area is 183 Å². The molecule has 0 spiro atoms. The zero-order valence-corrected chi connectivity index (χ0v) is 17.5. The summed E-state index contributed by atoms with van der Waals surface area (Å²) in [5.41, 5.74) is -1.21. The summed E-state index contributed by atoms with van der Waals surface area (Å²) in [4.78, 5) is 26.6. The first-order valence-corrected chi connectivity index (χ1v) is 10.7. The van der Waals surface area contributed by atoms with Crippen LogP contribution in [0.25, 0.3) is 10.9 Å². The molecular weight excluding hydrogens is 478 g/mol. The van der Waals surface area contributed by atoms with E-state index >= 15 is 0 Å². The van der Waals surface area contributed by atoms with Crippen molar-refractivity contribution in [3.05, 3.63) is 74.8 Å². The van der Waals surface area contributed by atoms with Gasteiger partial charge in [-0.05, 0) is 29.8 Å². The number of amides is 1. The molecule has 1 amide bonds. The highest BCUT2D eigenvalue weighted by molar-refractivity contribution is 7.89. The first kappa shape index (κ1) is 23.7. The van der Waals surface area contributed by atoms with Crippen molar-refractivity contribution in [2.75, 3.05) is 6.54 Å². The van der Waals surface area contributed by atoms with Crippen LogP contribution < -0.4 is 15.5 Å². The van der Waals surface area contributed by atoms with Crippen molar-refractivity contribution in [1.29, 1.82) is 0 Å². The van der Waals surface area contributed by atoms with Gasteiger partial charge in [-0.3, -0.25) is 9.59 Å². The molecule has 1 heterocycles. The standard InChI is InChI=1S/C19H14ClF4N3O4S/c20-11-3-1-10(2-4-11)7-26-18(29)14-8-25-16-13(17(14)28)5-12(21)6-15(16)32(30,31)27-9-19(22,23)24/h1-6,8,27H,7,9H2,(H,25,28)(H,26,29). The fourth-order valence-electron chi connectivity index (χ4n) is 2.78. The van der Waals surface area contributed by atoms with Gasteiger partial charge in [-0.25, -0.2) is 17.5 Å². The monoisotopic (exact) mass is 491 g/mol. The molecule has 0 saturated carbocycles. The molecule has 0 fully saturated rings. The first-order valence-electron chi connectivity index (χ1n) is 8.81. The molecule has 3 aromatic rings. The molecule has 0 atom stereocenters. The van der Waals surface area contributed by atoms with Crippen molar-refractivity contribution in [3.63, 3.8) is 0 Å². The maximum Gasteiger partial charge on any atom is 0.402 e. The average Bonchev–Trinajstić information content (AvgIpc) is 2.71. The fraction of sp³-hybridized carbons (Fsp3) is 0.158. The number of benzene rings is 2. The maximum atomic E-state index is 14.0. The summed E-state index contributed by atoms with van der Waals surface area (Å²) in [7, 11) is -4.83. The number of aromatic nitrogens is 1. The molecule has 2 aromatic carbocycles. The highest BCUT2D eigenvalue weighted by Crippen LogP contribution is 2.22. The number of H-pyrrole nitrogens is 1.